The van der Waals surface area contributed by atoms with Crippen LogP contribution in [0.25, 0.3) is 0 Å². The van der Waals surface area contributed by atoms with Crippen LogP contribution in [0.2, 0.25) is 0 Å². The number of rotatable bonds is 8. The second-order valence-electron chi connectivity index (χ2n) is 14.8. The number of methoxy groups -OCH3 is 1. The molecule has 8 atom stereocenters. The lowest BCUT2D eigenvalue weighted by Gasteiger charge is -2.58. The zero-order chi connectivity index (χ0) is 28.8. The monoisotopic (exact) mass is 550 g/mol. The first-order valence-electron chi connectivity index (χ1n) is 16.1. The highest BCUT2D eigenvalue weighted by molar-refractivity contribution is 5.96. The van der Waals surface area contributed by atoms with E-state index < -0.39 is 5.97 Å². The van der Waals surface area contributed by atoms with Gasteiger partial charge in [0.1, 0.15) is 11.7 Å². The van der Waals surface area contributed by atoms with Crippen LogP contribution in [0.1, 0.15) is 116 Å². The first kappa shape index (κ1) is 29.3. The number of carbonyl (C=O) groups is 1. The SMILES string of the molecule is COc1c(N)cc(N)cc1C(=O)OC1CCC2(C)C(=CCC3C2CCC2(C)C(C(C)CCCC(C)C)CCC32)C1. The average molecular weight is 551 g/mol. The Morgan fingerprint density at radius 1 is 1.02 bits per heavy atom. The molecule has 3 saturated carbocycles. The molecule has 0 amide bonds. The van der Waals surface area contributed by atoms with Gasteiger partial charge in [-0.3, -0.25) is 0 Å². The fraction of sp³-hybridized carbons (Fsp3) is 0.743. The minimum Gasteiger partial charge on any atom is -0.494 e. The van der Waals surface area contributed by atoms with Crippen molar-refractivity contribution in [1.82, 2.24) is 0 Å². The van der Waals surface area contributed by atoms with Gasteiger partial charge in [0.2, 0.25) is 0 Å². The number of nitrogens with two attached hydrogens (primary N) is 2. The summed E-state index contributed by atoms with van der Waals surface area (Å²) in [6.45, 7) is 12.5. The quantitative estimate of drug-likeness (QED) is 0.193. The van der Waals surface area contributed by atoms with Crippen molar-refractivity contribution in [3.63, 3.8) is 0 Å². The lowest BCUT2D eigenvalue weighted by molar-refractivity contribution is -0.0594. The molecule has 4 aliphatic rings. The summed E-state index contributed by atoms with van der Waals surface area (Å²) in [6.07, 6.45) is 16.2. The molecule has 0 radical (unpaired) electrons. The second kappa shape index (κ2) is 11.2. The minimum atomic E-state index is -0.397. The van der Waals surface area contributed by atoms with Gasteiger partial charge in [-0.15, -0.1) is 0 Å². The molecular weight excluding hydrogens is 496 g/mol. The van der Waals surface area contributed by atoms with E-state index in [9.17, 15) is 4.79 Å². The molecule has 4 aliphatic carbocycles. The van der Waals surface area contributed by atoms with Gasteiger partial charge in [-0.05, 0) is 103 Å². The number of ether oxygens (including phenoxy) is 2. The van der Waals surface area contributed by atoms with Crippen LogP contribution in [-0.4, -0.2) is 19.2 Å². The fourth-order valence-corrected chi connectivity index (χ4v) is 10.0. The van der Waals surface area contributed by atoms with Crippen LogP contribution in [0, 0.1) is 46.3 Å². The molecule has 8 unspecified atom stereocenters. The summed E-state index contributed by atoms with van der Waals surface area (Å²) < 4.78 is 11.5. The number of hydrogen-bond acceptors (Lipinski definition) is 5. The summed E-state index contributed by atoms with van der Waals surface area (Å²) in [7, 11) is 1.52. The first-order valence-corrected chi connectivity index (χ1v) is 16.1. The molecule has 0 saturated heterocycles. The topological polar surface area (TPSA) is 87.6 Å². The van der Waals surface area contributed by atoms with E-state index in [4.69, 9.17) is 20.9 Å². The Labute approximate surface area is 242 Å². The molecule has 1 aromatic rings. The van der Waals surface area contributed by atoms with Gasteiger partial charge in [-0.2, -0.15) is 0 Å². The van der Waals surface area contributed by atoms with Crippen molar-refractivity contribution in [3.8, 4) is 5.75 Å². The Morgan fingerprint density at radius 3 is 2.52 bits per heavy atom. The van der Waals surface area contributed by atoms with Gasteiger partial charge < -0.3 is 20.9 Å². The number of benzene rings is 1. The molecule has 4 N–H and O–H groups in total. The maximum Gasteiger partial charge on any atom is 0.342 e. The highest BCUT2D eigenvalue weighted by Crippen LogP contribution is 2.67. The Bertz CT molecular complexity index is 1130. The van der Waals surface area contributed by atoms with Gasteiger partial charge in [0.25, 0.3) is 0 Å². The molecule has 40 heavy (non-hydrogen) atoms. The summed E-state index contributed by atoms with van der Waals surface area (Å²) in [6, 6.07) is 3.22. The fourth-order valence-electron chi connectivity index (χ4n) is 10.0. The second-order valence-corrected chi connectivity index (χ2v) is 14.8. The van der Waals surface area contributed by atoms with Crippen molar-refractivity contribution >= 4 is 17.3 Å². The lowest BCUT2D eigenvalue weighted by atomic mass is 9.47. The van der Waals surface area contributed by atoms with Crippen molar-refractivity contribution in [2.24, 2.45) is 46.3 Å². The summed E-state index contributed by atoms with van der Waals surface area (Å²) in [5.74, 6) is 4.91. The van der Waals surface area contributed by atoms with E-state index in [-0.39, 0.29) is 11.5 Å². The summed E-state index contributed by atoms with van der Waals surface area (Å²) in [4.78, 5) is 13.2. The van der Waals surface area contributed by atoms with Crippen LogP contribution < -0.4 is 16.2 Å². The van der Waals surface area contributed by atoms with Gasteiger partial charge >= 0.3 is 5.97 Å². The van der Waals surface area contributed by atoms with E-state index in [0.717, 1.165) is 54.8 Å². The van der Waals surface area contributed by atoms with E-state index in [1.54, 1.807) is 12.1 Å². The van der Waals surface area contributed by atoms with Crippen LogP contribution in [0.4, 0.5) is 11.4 Å². The van der Waals surface area contributed by atoms with Crippen molar-refractivity contribution in [2.45, 2.75) is 111 Å². The lowest BCUT2D eigenvalue weighted by Crippen LogP contribution is -2.51. The molecule has 5 nitrogen and oxygen atoms in total. The maximum atomic E-state index is 13.2. The molecule has 3 fully saturated rings. The molecule has 0 aromatic heterocycles. The van der Waals surface area contributed by atoms with Crippen molar-refractivity contribution < 1.29 is 14.3 Å². The number of esters is 1. The van der Waals surface area contributed by atoms with Crippen LogP contribution in [0.3, 0.4) is 0 Å². The predicted molar refractivity (Wildman–Crippen MR) is 164 cm³/mol. The number of allylic oxidation sites excluding steroid dienone is 1. The Kier molecular flexibility index (Phi) is 8.25. The van der Waals surface area contributed by atoms with Gasteiger partial charge in [0, 0.05) is 12.1 Å². The van der Waals surface area contributed by atoms with E-state index in [2.05, 4.69) is 40.7 Å². The highest BCUT2D eigenvalue weighted by Gasteiger charge is 2.59. The molecule has 0 heterocycles. The third-order valence-electron chi connectivity index (χ3n) is 12.1. The van der Waals surface area contributed by atoms with Crippen LogP contribution in [-0.2, 0) is 4.74 Å². The summed E-state index contributed by atoms with van der Waals surface area (Å²) in [5, 5.41) is 0. The van der Waals surface area contributed by atoms with E-state index >= 15 is 0 Å². The maximum absolute atomic E-state index is 13.2. The van der Waals surface area contributed by atoms with Gasteiger partial charge in [-0.1, -0.05) is 65.5 Å². The van der Waals surface area contributed by atoms with E-state index in [1.807, 2.05) is 0 Å². The van der Waals surface area contributed by atoms with Gasteiger partial charge in [0.15, 0.2) is 5.75 Å². The Balaban J connectivity index is 1.27. The number of carbonyl (C=O) groups excluding carboxylic acids is 1. The van der Waals surface area contributed by atoms with Gasteiger partial charge in [-0.25, -0.2) is 4.79 Å². The molecular formula is C35H54N2O3. The number of hydrogen-bond donors (Lipinski definition) is 2. The number of fused-ring (bicyclic) bond motifs is 5. The first-order chi connectivity index (χ1) is 19.0. The summed E-state index contributed by atoms with van der Waals surface area (Å²) in [5.41, 5.74) is 15.4. The Hall–Kier alpha value is -2.17. The van der Waals surface area contributed by atoms with Crippen LogP contribution >= 0.6 is 0 Å². The van der Waals surface area contributed by atoms with E-state index in [1.165, 1.54) is 64.0 Å². The molecule has 222 valence electrons. The third kappa shape index (κ3) is 5.15. The molecule has 5 rings (SSSR count). The highest BCUT2D eigenvalue weighted by atomic mass is 16.5. The van der Waals surface area contributed by atoms with Crippen molar-refractivity contribution in [3.05, 3.63) is 29.3 Å². The largest absolute Gasteiger partial charge is 0.494 e. The Morgan fingerprint density at radius 2 is 1.80 bits per heavy atom. The molecule has 0 aliphatic heterocycles. The van der Waals surface area contributed by atoms with Crippen LogP contribution in [0.15, 0.2) is 23.8 Å². The van der Waals surface area contributed by atoms with Crippen molar-refractivity contribution in [2.75, 3.05) is 18.6 Å². The molecule has 0 spiro atoms. The molecule has 1 aromatic carbocycles. The van der Waals surface area contributed by atoms with Crippen molar-refractivity contribution in [1.29, 1.82) is 0 Å². The minimum absolute atomic E-state index is 0.118. The zero-order valence-electron chi connectivity index (χ0n) is 25.9. The normalized spacial score (nSPS) is 35.8. The predicted octanol–water partition coefficient (Wildman–Crippen LogP) is 8.43. The third-order valence-corrected chi connectivity index (χ3v) is 12.1. The smallest absolute Gasteiger partial charge is 0.342 e. The standard InChI is InChI=1S/C35H54N2O3/c1-21(2)8-7-9-22(3)28-12-13-29-26-11-10-23-18-25(14-16-34(23,4)30(26)15-17-35(28,29)5)40-33(38)27-19-24(36)20-31(37)32(27)39-6/h10,19-22,25-26,28-30H,7-9,11-18,36-37H2,1-6H3. The number of nitrogen functional groups attached to an aromatic ring is 2. The van der Waals surface area contributed by atoms with Gasteiger partial charge in [0.05, 0.1) is 12.8 Å². The molecule has 0 bridgehead atoms. The average Bonchev–Trinajstić information content (AvgIpc) is 3.25. The zero-order valence-corrected chi connectivity index (χ0v) is 25.9. The van der Waals surface area contributed by atoms with E-state index in [0.29, 0.717) is 28.1 Å². The summed E-state index contributed by atoms with van der Waals surface area (Å²) >= 11 is 0. The van der Waals surface area contributed by atoms with Crippen LogP contribution in [0.5, 0.6) is 5.75 Å². The molecule has 5 heteroatoms. The number of anilines is 2.